The summed E-state index contributed by atoms with van der Waals surface area (Å²) in [7, 11) is 2.16. The van der Waals surface area contributed by atoms with Crippen molar-refractivity contribution in [1.82, 2.24) is 9.80 Å². The van der Waals surface area contributed by atoms with Gasteiger partial charge < -0.3 is 14.7 Å². The van der Waals surface area contributed by atoms with Crippen LogP contribution in [0, 0.1) is 0 Å². The van der Waals surface area contributed by atoms with Gasteiger partial charge in [-0.3, -0.25) is 4.90 Å². The first-order valence-corrected chi connectivity index (χ1v) is 7.54. The van der Waals surface area contributed by atoms with Crippen molar-refractivity contribution in [2.45, 2.75) is 25.4 Å². The Bertz CT molecular complexity index is 464. The second kappa shape index (κ2) is 6.12. The second-order valence-corrected chi connectivity index (χ2v) is 5.92. The van der Waals surface area contributed by atoms with Crippen LogP contribution in [-0.2, 0) is 13.0 Å². The predicted octanol–water partition coefficient (Wildman–Crippen LogP) is 1.12. The van der Waals surface area contributed by atoms with E-state index in [0.717, 1.165) is 51.4 Å². The summed E-state index contributed by atoms with van der Waals surface area (Å²) in [6.07, 6.45) is 1.91. The minimum Gasteiger partial charge on any atom is -0.493 e. The molecule has 2 aliphatic rings. The lowest BCUT2D eigenvalue weighted by atomic mass is 10.1. The maximum Gasteiger partial charge on any atom is 0.122 e. The molecule has 0 saturated carbocycles. The van der Waals surface area contributed by atoms with Crippen LogP contribution in [0.5, 0.6) is 5.75 Å². The first kappa shape index (κ1) is 13.9. The van der Waals surface area contributed by atoms with Gasteiger partial charge in [0.05, 0.1) is 6.61 Å². The summed E-state index contributed by atoms with van der Waals surface area (Å²) >= 11 is 0. The number of aliphatic hydroxyl groups is 1. The molecular weight excluding hydrogens is 252 g/mol. The molecule has 4 nitrogen and oxygen atoms in total. The third-order valence-corrected chi connectivity index (χ3v) is 4.48. The van der Waals surface area contributed by atoms with Gasteiger partial charge in [0.1, 0.15) is 5.75 Å². The molecule has 1 aromatic rings. The zero-order valence-electron chi connectivity index (χ0n) is 12.2. The summed E-state index contributed by atoms with van der Waals surface area (Å²) < 4.78 is 5.56. The lowest BCUT2D eigenvalue weighted by molar-refractivity contribution is 0.0743. The van der Waals surface area contributed by atoms with Crippen LogP contribution in [0.2, 0.25) is 0 Å². The number of aliphatic hydroxyl groups excluding tert-OH is 1. The molecule has 110 valence electrons. The average Bonchev–Trinajstić information content (AvgIpc) is 2.90. The normalized spacial score (nSPS) is 23.6. The zero-order valence-corrected chi connectivity index (χ0v) is 12.2. The summed E-state index contributed by atoms with van der Waals surface area (Å²) in [5, 5.41) is 9.16. The highest BCUT2D eigenvalue weighted by Gasteiger charge is 2.24. The molecule has 20 heavy (non-hydrogen) atoms. The molecule has 0 bridgehead atoms. The van der Waals surface area contributed by atoms with E-state index >= 15 is 0 Å². The zero-order chi connectivity index (χ0) is 13.9. The van der Waals surface area contributed by atoms with Crippen LogP contribution < -0.4 is 4.74 Å². The fraction of sp³-hybridized carbons (Fsp3) is 0.625. The molecular formula is C16H24N2O2. The minimum atomic E-state index is 0.277. The first-order chi connectivity index (χ1) is 9.76. The summed E-state index contributed by atoms with van der Waals surface area (Å²) in [5.74, 6) is 1.06. The van der Waals surface area contributed by atoms with Crippen molar-refractivity contribution in [1.29, 1.82) is 0 Å². The Morgan fingerprint density at radius 3 is 3.10 bits per heavy atom. The highest BCUT2D eigenvalue weighted by atomic mass is 16.5. The van der Waals surface area contributed by atoms with Crippen molar-refractivity contribution in [2.24, 2.45) is 0 Å². The monoisotopic (exact) mass is 276 g/mol. The molecule has 4 heteroatoms. The Morgan fingerprint density at radius 2 is 2.25 bits per heavy atom. The van der Waals surface area contributed by atoms with Crippen LogP contribution in [0.4, 0.5) is 0 Å². The molecule has 0 amide bonds. The van der Waals surface area contributed by atoms with E-state index in [0.29, 0.717) is 6.04 Å². The highest BCUT2D eigenvalue weighted by molar-refractivity contribution is 5.39. The van der Waals surface area contributed by atoms with E-state index in [2.05, 4.69) is 35.0 Å². The standard InChI is InChI=1S/C16H24N2O2/c1-17-6-7-18(12-15(17)4-8-19)11-13-2-3-16-14(10-13)5-9-20-16/h2-3,10,15,19H,4-9,11-12H2,1H3. The molecule has 1 unspecified atom stereocenters. The van der Waals surface area contributed by atoms with Crippen LogP contribution in [0.25, 0.3) is 0 Å². The largest absolute Gasteiger partial charge is 0.493 e. The molecule has 0 radical (unpaired) electrons. The van der Waals surface area contributed by atoms with E-state index in [1.165, 1.54) is 11.1 Å². The maximum absolute atomic E-state index is 9.16. The summed E-state index contributed by atoms with van der Waals surface area (Å²) in [6, 6.07) is 7.07. The number of rotatable bonds is 4. The number of ether oxygens (including phenoxy) is 1. The topological polar surface area (TPSA) is 35.9 Å². The number of nitrogens with zero attached hydrogens (tertiary/aromatic N) is 2. The number of benzene rings is 1. The fourth-order valence-corrected chi connectivity index (χ4v) is 3.21. The van der Waals surface area contributed by atoms with Gasteiger partial charge in [0.15, 0.2) is 0 Å². The van der Waals surface area contributed by atoms with E-state index in [1.54, 1.807) is 0 Å². The van der Waals surface area contributed by atoms with Crippen LogP contribution in [0.15, 0.2) is 18.2 Å². The van der Waals surface area contributed by atoms with Crippen LogP contribution >= 0.6 is 0 Å². The molecule has 3 rings (SSSR count). The molecule has 1 saturated heterocycles. The maximum atomic E-state index is 9.16. The SMILES string of the molecule is CN1CCN(Cc2ccc3c(c2)CCO3)CC1CCO. The predicted molar refractivity (Wildman–Crippen MR) is 79.0 cm³/mol. The van der Waals surface area contributed by atoms with Crippen molar-refractivity contribution in [3.05, 3.63) is 29.3 Å². The molecule has 1 aromatic carbocycles. The Balaban J connectivity index is 1.62. The summed E-state index contributed by atoms with van der Waals surface area (Å²) in [4.78, 5) is 4.86. The van der Waals surface area contributed by atoms with Crippen molar-refractivity contribution in [3.63, 3.8) is 0 Å². The van der Waals surface area contributed by atoms with E-state index < -0.39 is 0 Å². The Morgan fingerprint density at radius 1 is 1.35 bits per heavy atom. The molecule has 2 heterocycles. The molecule has 1 N–H and O–H groups in total. The quantitative estimate of drug-likeness (QED) is 0.894. The van der Waals surface area contributed by atoms with Gasteiger partial charge in [-0.1, -0.05) is 12.1 Å². The van der Waals surface area contributed by atoms with Crippen molar-refractivity contribution in [2.75, 3.05) is 39.9 Å². The third-order valence-electron chi connectivity index (χ3n) is 4.48. The molecule has 0 aliphatic carbocycles. The molecule has 2 aliphatic heterocycles. The molecule has 0 aromatic heterocycles. The van der Waals surface area contributed by atoms with Gasteiger partial charge >= 0.3 is 0 Å². The second-order valence-electron chi connectivity index (χ2n) is 5.92. The van der Waals surface area contributed by atoms with Gasteiger partial charge in [0.25, 0.3) is 0 Å². The number of hydrogen-bond donors (Lipinski definition) is 1. The number of likely N-dealkylation sites (N-methyl/N-ethyl adjacent to an activating group) is 1. The van der Waals surface area contributed by atoms with Crippen LogP contribution in [0.3, 0.4) is 0 Å². The van der Waals surface area contributed by atoms with Gasteiger partial charge in [-0.15, -0.1) is 0 Å². The first-order valence-electron chi connectivity index (χ1n) is 7.54. The Kier molecular flexibility index (Phi) is 4.24. The lowest BCUT2D eigenvalue weighted by Crippen LogP contribution is -2.51. The van der Waals surface area contributed by atoms with E-state index in [-0.39, 0.29) is 6.61 Å². The number of hydrogen-bond acceptors (Lipinski definition) is 4. The fourth-order valence-electron chi connectivity index (χ4n) is 3.21. The smallest absolute Gasteiger partial charge is 0.122 e. The third kappa shape index (κ3) is 2.97. The summed E-state index contributed by atoms with van der Waals surface area (Å²) in [5.41, 5.74) is 2.73. The molecule has 1 fully saturated rings. The Labute approximate surface area is 120 Å². The molecule has 0 spiro atoms. The van der Waals surface area contributed by atoms with Gasteiger partial charge in [-0.05, 0) is 30.7 Å². The van der Waals surface area contributed by atoms with E-state index in [4.69, 9.17) is 9.84 Å². The van der Waals surface area contributed by atoms with Crippen LogP contribution in [-0.4, -0.2) is 60.8 Å². The summed E-state index contributed by atoms with van der Waals surface area (Å²) in [6.45, 7) is 5.34. The van der Waals surface area contributed by atoms with Crippen LogP contribution in [0.1, 0.15) is 17.5 Å². The van der Waals surface area contributed by atoms with Crippen molar-refractivity contribution >= 4 is 0 Å². The van der Waals surface area contributed by atoms with E-state index in [9.17, 15) is 0 Å². The average molecular weight is 276 g/mol. The van der Waals surface area contributed by atoms with Crippen molar-refractivity contribution in [3.8, 4) is 5.75 Å². The van der Waals surface area contributed by atoms with E-state index in [1.807, 2.05) is 0 Å². The molecule has 1 atom stereocenters. The minimum absolute atomic E-state index is 0.277. The van der Waals surface area contributed by atoms with Crippen molar-refractivity contribution < 1.29 is 9.84 Å². The van der Waals surface area contributed by atoms with Gasteiger partial charge in [0.2, 0.25) is 0 Å². The van der Waals surface area contributed by atoms with Gasteiger partial charge in [0, 0.05) is 45.2 Å². The number of fused-ring (bicyclic) bond motifs is 1. The Hall–Kier alpha value is -1.10. The lowest BCUT2D eigenvalue weighted by Gasteiger charge is -2.39. The van der Waals surface area contributed by atoms with Gasteiger partial charge in [-0.2, -0.15) is 0 Å². The highest BCUT2D eigenvalue weighted by Crippen LogP contribution is 2.26. The van der Waals surface area contributed by atoms with Gasteiger partial charge in [-0.25, -0.2) is 0 Å². The number of piperazine rings is 1.